The van der Waals surface area contributed by atoms with Crippen LogP contribution in [-0.4, -0.2) is 48.3 Å². The summed E-state index contributed by atoms with van der Waals surface area (Å²) in [7, 11) is -2.99. The minimum atomic E-state index is -2.99. The molecule has 0 aromatic carbocycles. The van der Waals surface area contributed by atoms with Gasteiger partial charge < -0.3 is 4.90 Å². The zero-order valence-electron chi connectivity index (χ0n) is 12.8. The highest BCUT2D eigenvalue weighted by Crippen LogP contribution is 2.26. The average molecular weight is 371 g/mol. The van der Waals surface area contributed by atoms with E-state index in [1.807, 2.05) is 29.1 Å². The molecule has 8 heteroatoms. The molecule has 124 valence electrons. The summed E-state index contributed by atoms with van der Waals surface area (Å²) in [6.45, 7) is 2.42. The first kappa shape index (κ1) is 16.6. The third-order valence-corrected chi connectivity index (χ3v) is 7.34. The summed E-state index contributed by atoms with van der Waals surface area (Å²) in [5.41, 5.74) is 1.83. The number of sulfone groups is 1. The van der Waals surface area contributed by atoms with Gasteiger partial charge in [-0.15, -0.1) is 11.3 Å². The summed E-state index contributed by atoms with van der Waals surface area (Å²) >= 11 is 3.15. The molecule has 0 radical (unpaired) electrons. The average Bonchev–Trinajstić information content (AvgIpc) is 3.20. The van der Waals surface area contributed by atoms with Gasteiger partial charge in [-0.3, -0.25) is 4.79 Å². The molecule has 1 aliphatic heterocycles. The lowest BCUT2D eigenvalue weighted by Crippen LogP contribution is -2.41. The van der Waals surface area contributed by atoms with Crippen LogP contribution >= 0.6 is 22.7 Å². The van der Waals surface area contributed by atoms with Crippen molar-refractivity contribution in [3.8, 4) is 10.6 Å². The highest BCUT2D eigenvalue weighted by atomic mass is 32.2. The monoisotopic (exact) mass is 370 g/mol. The van der Waals surface area contributed by atoms with Gasteiger partial charge in [-0.25, -0.2) is 13.4 Å². The van der Waals surface area contributed by atoms with Crippen LogP contribution in [0.4, 0.5) is 0 Å². The van der Waals surface area contributed by atoms with E-state index in [2.05, 4.69) is 4.98 Å². The molecule has 5 nitrogen and oxygen atoms in total. The fourth-order valence-corrected chi connectivity index (χ4v) is 6.09. The summed E-state index contributed by atoms with van der Waals surface area (Å²) in [6, 6.07) is 1.82. The Morgan fingerprint density at radius 2 is 2.26 bits per heavy atom. The van der Waals surface area contributed by atoms with E-state index in [9.17, 15) is 13.2 Å². The van der Waals surface area contributed by atoms with Gasteiger partial charge in [0.2, 0.25) is 5.91 Å². The molecular weight excluding hydrogens is 352 g/mol. The molecule has 0 spiro atoms. The van der Waals surface area contributed by atoms with Crippen molar-refractivity contribution < 1.29 is 13.2 Å². The number of aromatic nitrogens is 1. The largest absolute Gasteiger partial charge is 0.339 e. The fraction of sp³-hybridized carbons (Fsp3) is 0.467. The molecule has 1 fully saturated rings. The van der Waals surface area contributed by atoms with E-state index < -0.39 is 9.84 Å². The maximum absolute atomic E-state index is 12.5. The van der Waals surface area contributed by atoms with Crippen LogP contribution in [0, 0.1) is 0 Å². The van der Waals surface area contributed by atoms with Crippen LogP contribution in [0.5, 0.6) is 0 Å². The molecule has 0 saturated carbocycles. The number of rotatable bonds is 5. The van der Waals surface area contributed by atoms with Crippen molar-refractivity contribution in [2.75, 3.05) is 18.1 Å². The second-order valence-corrected chi connectivity index (χ2v) is 9.44. The van der Waals surface area contributed by atoms with E-state index in [0.717, 1.165) is 16.3 Å². The number of hydrogen-bond donors (Lipinski definition) is 0. The molecule has 0 unspecified atom stereocenters. The van der Waals surface area contributed by atoms with E-state index in [4.69, 9.17) is 0 Å². The number of likely N-dealkylation sites (N-methyl/N-ethyl adjacent to an activating group) is 1. The summed E-state index contributed by atoms with van der Waals surface area (Å²) < 4.78 is 23.3. The Morgan fingerprint density at radius 1 is 1.43 bits per heavy atom. The van der Waals surface area contributed by atoms with Crippen molar-refractivity contribution in [2.45, 2.75) is 25.8 Å². The number of amides is 1. The number of carbonyl (C=O) groups is 1. The SMILES string of the molecule is CCN(C(=O)Cc1csc(-c2ccsc2)n1)[C@@H]1CCS(=O)(=O)C1. The van der Waals surface area contributed by atoms with E-state index in [1.54, 1.807) is 16.2 Å². The molecule has 1 amide bonds. The standard InChI is InChI=1S/C15H18N2O3S3/c1-2-17(13-4-6-23(19,20)10-13)14(18)7-12-9-22-15(16-12)11-3-5-21-8-11/h3,5,8-9,13H,2,4,6-7,10H2,1H3/t13-/m1/s1. The molecule has 1 atom stereocenters. The number of thiazole rings is 1. The summed E-state index contributed by atoms with van der Waals surface area (Å²) in [5, 5.41) is 6.86. The predicted molar refractivity (Wildman–Crippen MR) is 93.6 cm³/mol. The minimum absolute atomic E-state index is 0.0447. The lowest BCUT2D eigenvalue weighted by Gasteiger charge is -2.26. The molecule has 2 aromatic rings. The highest BCUT2D eigenvalue weighted by molar-refractivity contribution is 7.91. The third kappa shape index (κ3) is 3.81. The number of carbonyl (C=O) groups excluding carboxylic acids is 1. The Morgan fingerprint density at radius 3 is 2.87 bits per heavy atom. The van der Waals surface area contributed by atoms with E-state index in [-0.39, 0.29) is 29.9 Å². The molecule has 0 N–H and O–H groups in total. The van der Waals surface area contributed by atoms with Gasteiger partial charge in [-0.05, 0) is 24.8 Å². The maximum atomic E-state index is 12.5. The third-order valence-electron chi connectivity index (χ3n) is 3.96. The summed E-state index contributed by atoms with van der Waals surface area (Å²) in [4.78, 5) is 18.7. The van der Waals surface area contributed by atoms with Crippen molar-refractivity contribution in [1.82, 2.24) is 9.88 Å². The zero-order chi connectivity index (χ0) is 16.4. The van der Waals surface area contributed by atoms with Gasteiger partial charge in [0.15, 0.2) is 9.84 Å². The molecule has 2 aromatic heterocycles. The first-order valence-electron chi connectivity index (χ1n) is 7.45. The Labute approximate surface area is 143 Å². The topological polar surface area (TPSA) is 67.3 Å². The quantitative estimate of drug-likeness (QED) is 0.811. The Kier molecular flexibility index (Phi) is 4.84. The maximum Gasteiger partial charge on any atom is 0.228 e. The fourth-order valence-electron chi connectivity index (χ4n) is 2.82. The first-order chi connectivity index (χ1) is 11.0. The predicted octanol–water partition coefficient (Wildman–Crippen LogP) is 2.45. The van der Waals surface area contributed by atoms with Crippen LogP contribution in [0.1, 0.15) is 19.0 Å². The van der Waals surface area contributed by atoms with Crippen molar-refractivity contribution in [2.24, 2.45) is 0 Å². The second kappa shape index (κ2) is 6.70. The van der Waals surface area contributed by atoms with Crippen molar-refractivity contribution in [3.05, 3.63) is 27.9 Å². The van der Waals surface area contributed by atoms with E-state index in [0.29, 0.717) is 13.0 Å². The van der Waals surface area contributed by atoms with Crippen molar-refractivity contribution >= 4 is 38.4 Å². The molecular formula is C15H18N2O3S3. The van der Waals surface area contributed by atoms with Crippen LogP contribution < -0.4 is 0 Å². The Balaban J connectivity index is 1.68. The van der Waals surface area contributed by atoms with Gasteiger partial charge in [0.05, 0.1) is 23.6 Å². The van der Waals surface area contributed by atoms with Crippen LogP contribution in [0.3, 0.4) is 0 Å². The highest BCUT2D eigenvalue weighted by Gasteiger charge is 2.33. The lowest BCUT2D eigenvalue weighted by atomic mass is 10.2. The Hall–Kier alpha value is -1.25. The number of hydrogen-bond acceptors (Lipinski definition) is 6. The van der Waals surface area contributed by atoms with Gasteiger partial charge in [0.1, 0.15) is 5.01 Å². The van der Waals surface area contributed by atoms with Crippen LogP contribution in [0.25, 0.3) is 10.6 Å². The van der Waals surface area contributed by atoms with E-state index in [1.165, 1.54) is 11.3 Å². The first-order valence-corrected chi connectivity index (χ1v) is 11.1. The molecule has 1 aliphatic rings. The van der Waals surface area contributed by atoms with Crippen LogP contribution in [-0.2, 0) is 21.1 Å². The van der Waals surface area contributed by atoms with Gasteiger partial charge in [0.25, 0.3) is 0 Å². The van der Waals surface area contributed by atoms with Crippen molar-refractivity contribution in [1.29, 1.82) is 0 Å². The molecule has 0 aliphatic carbocycles. The van der Waals surface area contributed by atoms with Gasteiger partial charge >= 0.3 is 0 Å². The molecule has 3 rings (SSSR count). The number of nitrogens with zero attached hydrogens (tertiary/aromatic N) is 2. The Bertz CT molecular complexity index is 781. The molecule has 0 bridgehead atoms. The zero-order valence-corrected chi connectivity index (χ0v) is 15.2. The van der Waals surface area contributed by atoms with Gasteiger partial charge in [-0.2, -0.15) is 11.3 Å². The molecule has 3 heterocycles. The molecule has 1 saturated heterocycles. The number of thiophene rings is 1. The van der Waals surface area contributed by atoms with Gasteiger partial charge in [-0.1, -0.05) is 0 Å². The minimum Gasteiger partial charge on any atom is -0.339 e. The summed E-state index contributed by atoms with van der Waals surface area (Å²) in [5.74, 6) is 0.223. The molecule has 23 heavy (non-hydrogen) atoms. The van der Waals surface area contributed by atoms with Crippen molar-refractivity contribution in [3.63, 3.8) is 0 Å². The smallest absolute Gasteiger partial charge is 0.228 e. The summed E-state index contributed by atoms with van der Waals surface area (Å²) in [6.07, 6.45) is 0.768. The van der Waals surface area contributed by atoms with E-state index >= 15 is 0 Å². The van der Waals surface area contributed by atoms with Gasteiger partial charge in [0, 0.05) is 28.9 Å². The normalized spacial score (nSPS) is 19.8. The van der Waals surface area contributed by atoms with Crippen LogP contribution in [0.2, 0.25) is 0 Å². The van der Waals surface area contributed by atoms with Crippen LogP contribution in [0.15, 0.2) is 22.2 Å². The lowest BCUT2D eigenvalue weighted by molar-refractivity contribution is -0.132. The second-order valence-electron chi connectivity index (χ2n) is 5.57.